The Hall–Kier alpha value is -2.21. The molecule has 6 heteroatoms. The fourth-order valence-electron chi connectivity index (χ4n) is 3.33. The average molecular weight is 355 g/mol. The van der Waals surface area contributed by atoms with E-state index >= 15 is 0 Å². The van der Waals surface area contributed by atoms with E-state index in [0.717, 1.165) is 55.7 Å². The van der Waals surface area contributed by atoms with E-state index in [2.05, 4.69) is 38.8 Å². The van der Waals surface area contributed by atoms with Crippen LogP contribution in [-0.4, -0.2) is 45.2 Å². The van der Waals surface area contributed by atoms with E-state index in [1.165, 1.54) is 6.42 Å². The first-order valence-corrected chi connectivity index (χ1v) is 9.59. The molecule has 0 spiro atoms. The summed E-state index contributed by atoms with van der Waals surface area (Å²) in [4.78, 5) is 14.7. The predicted octanol–water partition coefficient (Wildman–Crippen LogP) is 2.04. The maximum Gasteiger partial charge on any atom is 0.224 e. The molecule has 1 aromatic heterocycles. The van der Waals surface area contributed by atoms with Crippen molar-refractivity contribution in [3.05, 3.63) is 47.5 Å². The van der Waals surface area contributed by atoms with Gasteiger partial charge in [-0.3, -0.25) is 4.79 Å². The zero-order valence-corrected chi connectivity index (χ0v) is 15.8. The summed E-state index contributed by atoms with van der Waals surface area (Å²) in [6.07, 6.45) is 2.52. The Bertz CT molecular complexity index is 712. The molecule has 1 aromatic carbocycles. The highest BCUT2D eigenvalue weighted by Crippen LogP contribution is 2.12. The van der Waals surface area contributed by atoms with Crippen molar-refractivity contribution in [1.29, 1.82) is 0 Å². The first kappa shape index (κ1) is 18.6. The monoisotopic (exact) mass is 355 g/mol. The minimum absolute atomic E-state index is 0.0144. The van der Waals surface area contributed by atoms with Gasteiger partial charge in [0, 0.05) is 32.6 Å². The van der Waals surface area contributed by atoms with Gasteiger partial charge < -0.3 is 14.8 Å². The topological polar surface area (TPSA) is 63.1 Å². The molecule has 0 fully saturated rings. The van der Waals surface area contributed by atoms with Crippen LogP contribution in [0.5, 0.6) is 0 Å². The van der Waals surface area contributed by atoms with E-state index in [4.69, 9.17) is 0 Å². The molecule has 0 saturated heterocycles. The number of hydrogen-bond acceptors (Lipinski definition) is 4. The van der Waals surface area contributed by atoms with E-state index in [-0.39, 0.29) is 5.91 Å². The Labute approximate surface area is 155 Å². The number of benzene rings is 1. The molecule has 1 atom stereocenters. The molecule has 1 N–H and O–H groups in total. The van der Waals surface area contributed by atoms with E-state index in [9.17, 15) is 4.79 Å². The molecule has 6 nitrogen and oxygen atoms in total. The lowest BCUT2D eigenvalue weighted by atomic mass is 10.1. The second kappa shape index (κ2) is 8.94. The Kier molecular flexibility index (Phi) is 6.39. The summed E-state index contributed by atoms with van der Waals surface area (Å²) in [7, 11) is 0. The molecule has 0 aliphatic carbocycles. The number of carbonyl (C=O) groups excluding carboxylic acids is 1. The smallest absolute Gasteiger partial charge is 0.224 e. The summed E-state index contributed by atoms with van der Waals surface area (Å²) < 4.78 is 2.18. The summed E-state index contributed by atoms with van der Waals surface area (Å²) in [6, 6.07) is 9.79. The summed E-state index contributed by atoms with van der Waals surface area (Å²) in [5.74, 6) is 2.62. The molecule has 140 valence electrons. The lowest BCUT2D eigenvalue weighted by Crippen LogP contribution is -2.31. The number of rotatable bonds is 7. The normalized spacial score (nSPS) is 15.9. The second-order valence-corrected chi connectivity index (χ2v) is 7.19. The molecule has 26 heavy (non-hydrogen) atoms. The van der Waals surface area contributed by atoms with Crippen LogP contribution in [0.25, 0.3) is 0 Å². The van der Waals surface area contributed by atoms with Gasteiger partial charge in [-0.2, -0.15) is 0 Å². The van der Waals surface area contributed by atoms with Crippen LogP contribution in [0.3, 0.4) is 0 Å². The first-order valence-electron chi connectivity index (χ1n) is 9.59. The quantitative estimate of drug-likeness (QED) is 0.826. The third-order valence-electron chi connectivity index (χ3n) is 5.11. The first-order chi connectivity index (χ1) is 12.7. The van der Waals surface area contributed by atoms with Crippen molar-refractivity contribution >= 4 is 5.91 Å². The Morgan fingerprint density at radius 3 is 2.77 bits per heavy atom. The maximum absolute atomic E-state index is 12.2. The summed E-state index contributed by atoms with van der Waals surface area (Å²) in [5, 5.41) is 11.6. The van der Waals surface area contributed by atoms with Gasteiger partial charge in [-0.15, -0.1) is 10.2 Å². The number of hydrogen-bond donors (Lipinski definition) is 1. The van der Waals surface area contributed by atoms with Crippen LogP contribution < -0.4 is 5.32 Å². The summed E-state index contributed by atoms with van der Waals surface area (Å²) in [6.45, 7) is 9.06. The van der Waals surface area contributed by atoms with Gasteiger partial charge in [0.15, 0.2) is 5.82 Å². The highest BCUT2D eigenvalue weighted by Gasteiger charge is 2.19. The SMILES string of the molecule is CCC(C)CN1CCc2nnc(CNC(=O)Cc3ccccc3)n2CC1. The van der Waals surface area contributed by atoms with Gasteiger partial charge in [-0.25, -0.2) is 0 Å². The number of fused-ring (bicyclic) bond motifs is 1. The van der Waals surface area contributed by atoms with Crippen LogP contribution in [0.15, 0.2) is 30.3 Å². The molecule has 1 amide bonds. The Morgan fingerprint density at radius 2 is 2.00 bits per heavy atom. The molecule has 1 aliphatic heterocycles. The van der Waals surface area contributed by atoms with Gasteiger partial charge in [-0.1, -0.05) is 50.6 Å². The lowest BCUT2D eigenvalue weighted by molar-refractivity contribution is -0.120. The van der Waals surface area contributed by atoms with Crippen LogP contribution in [0.2, 0.25) is 0 Å². The van der Waals surface area contributed by atoms with E-state index < -0.39 is 0 Å². The van der Waals surface area contributed by atoms with Crippen molar-refractivity contribution < 1.29 is 4.79 Å². The predicted molar refractivity (Wildman–Crippen MR) is 102 cm³/mol. The molecular formula is C20H29N5O. The van der Waals surface area contributed by atoms with Gasteiger partial charge >= 0.3 is 0 Å². The molecule has 1 unspecified atom stereocenters. The molecule has 0 saturated carbocycles. The molecule has 0 bridgehead atoms. The van der Waals surface area contributed by atoms with Crippen molar-refractivity contribution in [2.24, 2.45) is 5.92 Å². The Morgan fingerprint density at radius 1 is 1.19 bits per heavy atom. The highest BCUT2D eigenvalue weighted by atomic mass is 16.1. The summed E-state index contributed by atoms with van der Waals surface area (Å²) in [5.41, 5.74) is 1.02. The zero-order valence-electron chi connectivity index (χ0n) is 15.8. The van der Waals surface area contributed by atoms with Crippen molar-refractivity contribution in [3.8, 4) is 0 Å². The molecular weight excluding hydrogens is 326 g/mol. The second-order valence-electron chi connectivity index (χ2n) is 7.19. The van der Waals surface area contributed by atoms with Crippen LogP contribution in [0, 0.1) is 5.92 Å². The standard InChI is InChI=1S/C20H29N5O/c1-3-16(2)15-24-10-9-18-22-23-19(25(18)12-11-24)14-21-20(26)13-17-7-5-4-6-8-17/h4-8,16H,3,9-15H2,1-2H3,(H,21,26). The summed E-state index contributed by atoms with van der Waals surface area (Å²) >= 11 is 0. The van der Waals surface area contributed by atoms with Gasteiger partial charge in [0.25, 0.3) is 0 Å². The van der Waals surface area contributed by atoms with Crippen molar-refractivity contribution in [2.75, 3.05) is 19.6 Å². The van der Waals surface area contributed by atoms with Crippen LogP contribution in [-0.2, 0) is 30.7 Å². The average Bonchev–Trinajstić information content (AvgIpc) is 2.93. The highest BCUT2D eigenvalue weighted by molar-refractivity contribution is 5.78. The minimum Gasteiger partial charge on any atom is -0.349 e. The van der Waals surface area contributed by atoms with E-state index in [1.807, 2.05) is 30.3 Å². The molecule has 0 radical (unpaired) electrons. The maximum atomic E-state index is 12.2. The molecule has 1 aliphatic rings. The fourth-order valence-corrected chi connectivity index (χ4v) is 3.33. The van der Waals surface area contributed by atoms with E-state index in [0.29, 0.717) is 13.0 Å². The third-order valence-corrected chi connectivity index (χ3v) is 5.11. The van der Waals surface area contributed by atoms with Crippen LogP contribution in [0.1, 0.15) is 37.5 Å². The van der Waals surface area contributed by atoms with Gasteiger partial charge in [0.2, 0.25) is 5.91 Å². The minimum atomic E-state index is 0.0144. The van der Waals surface area contributed by atoms with Crippen LogP contribution in [0.4, 0.5) is 0 Å². The molecule has 2 heterocycles. The number of nitrogens with zero attached hydrogens (tertiary/aromatic N) is 4. The largest absolute Gasteiger partial charge is 0.349 e. The number of amides is 1. The Balaban J connectivity index is 1.54. The van der Waals surface area contributed by atoms with Crippen molar-refractivity contribution in [1.82, 2.24) is 25.0 Å². The van der Waals surface area contributed by atoms with Gasteiger partial charge in [0.1, 0.15) is 5.82 Å². The fraction of sp³-hybridized carbons (Fsp3) is 0.550. The number of aromatic nitrogens is 3. The van der Waals surface area contributed by atoms with Crippen molar-refractivity contribution in [3.63, 3.8) is 0 Å². The molecule has 3 rings (SSSR count). The lowest BCUT2D eigenvalue weighted by Gasteiger charge is -2.22. The number of nitrogens with one attached hydrogen (secondary N) is 1. The molecule has 2 aromatic rings. The van der Waals surface area contributed by atoms with E-state index in [1.54, 1.807) is 0 Å². The van der Waals surface area contributed by atoms with Crippen LogP contribution >= 0.6 is 0 Å². The van der Waals surface area contributed by atoms with Gasteiger partial charge in [0.05, 0.1) is 13.0 Å². The van der Waals surface area contributed by atoms with Crippen molar-refractivity contribution in [2.45, 2.75) is 46.2 Å². The number of carbonyl (C=O) groups is 1. The third kappa shape index (κ3) is 4.91. The van der Waals surface area contributed by atoms with Gasteiger partial charge in [-0.05, 0) is 11.5 Å². The zero-order chi connectivity index (χ0) is 18.4.